The molecule has 2 atom stereocenters. The Hall–Kier alpha value is -2.39. The molecule has 0 spiro atoms. The molecule has 1 amide bonds. The molecule has 0 unspecified atom stereocenters. The van der Waals surface area contributed by atoms with Gasteiger partial charge in [-0.15, -0.1) is 10.2 Å². The van der Waals surface area contributed by atoms with Gasteiger partial charge < -0.3 is 9.73 Å². The Balaban J connectivity index is 1.30. The Labute approximate surface area is 179 Å². The van der Waals surface area contributed by atoms with Gasteiger partial charge in [0.25, 0.3) is 5.22 Å². The topological polar surface area (TPSA) is 102 Å². The number of carbonyl (C=O) groups is 1. The number of sulfone groups is 1. The maximum absolute atomic E-state index is 12.4. The van der Waals surface area contributed by atoms with E-state index >= 15 is 0 Å². The average Bonchev–Trinajstić information content (AvgIpc) is 3.31. The number of hydrogen-bond donors (Lipinski definition) is 1. The molecular weight excluding hydrogens is 422 g/mol. The van der Waals surface area contributed by atoms with E-state index in [2.05, 4.69) is 33.7 Å². The van der Waals surface area contributed by atoms with Crippen LogP contribution in [0.5, 0.6) is 0 Å². The highest BCUT2D eigenvalue weighted by atomic mass is 32.2. The first-order chi connectivity index (χ1) is 14.4. The summed E-state index contributed by atoms with van der Waals surface area (Å²) in [7, 11) is -2.93. The normalized spacial score (nSPS) is 19.0. The van der Waals surface area contributed by atoms with Crippen LogP contribution in [0.15, 0.2) is 52.1 Å². The van der Waals surface area contributed by atoms with Gasteiger partial charge in [0.1, 0.15) is 0 Å². The van der Waals surface area contributed by atoms with Crippen molar-refractivity contribution < 1.29 is 17.6 Å². The number of thioether (sulfide) groups is 1. The van der Waals surface area contributed by atoms with Gasteiger partial charge in [-0.1, -0.05) is 54.2 Å². The fourth-order valence-corrected chi connectivity index (χ4v) is 6.23. The van der Waals surface area contributed by atoms with Crippen LogP contribution in [0.25, 0.3) is 10.8 Å². The lowest BCUT2D eigenvalue weighted by Gasteiger charge is -2.16. The van der Waals surface area contributed by atoms with E-state index in [1.54, 1.807) is 0 Å². The van der Waals surface area contributed by atoms with E-state index in [0.717, 1.165) is 16.3 Å². The number of nitrogens with zero attached hydrogens (tertiary/aromatic N) is 2. The highest BCUT2D eigenvalue weighted by Gasteiger charge is 2.29. The Bertz CT molecular complexity index is 1150. The molecule has 2 aromatic carbocycles. The molecular formula is C21H23N3O4S2. The maximum Gasteiger partial charge on any atom is 0.277 e. The molecule has 0 bridgehead atoms. The van der Waals surface area contributed by atoms with Crippen LogP contribution in [-0.4, -0.2) is 41.8 Å². The quantitative estimate of drug-likeness (QED) is 0.557. The van der Waals surface area contributed by atoms with Crippen LogP contribution in [-0.2, 0) is 21.1 Å². The number of aromatic nitrogens is 2. The van der Waals surface area contributed by atoms with Crippen molar-refractivity contribution in [1.82, 2.24) is 15.5 Å². The van der Waals surface area contributed by atoms with Crippen LogP contribution in [0.3, 0.4) is 0 Å². The second-order valence-corrected chi connectivity index (χ2v) is 10.7. The summed E-state index contributed by atoms with van der Waals surface area (Å²) in [4.78, 5) is 12.4. The van der Waals surface area contributed by atoms with Crippen LogP contribution >= 0.6 is 11.8 Å². The lowest BCUT2D eigenvalue weighted by Crippen LogP contribution is -2.28. The van der Waals surface area contributed by atoms with Gasteiger partial charge in [0.15, 0.2) is 9.84 Å². The molecule has 1 N–H and O–H groups in total. The summed E-state index contributed by atoms with van der Waals surface area (Å²) in [6.07, 6.45) is 1.08. The highest BCUT2D eigenvalue weighted by molar-refractivity contribution is 7.99. The van der Waals surface area contributed by atoms with Crippen molar-refractivity contribution in [2.75, 3.05) is 17.3 Å². The first-order valence-corrected chi connectivity index (χ1v) is 12.6. The molecule has 2 heterocycles. The van der Waals surface area contributed by atoms with Crippen molar-refractivity contribution in [3.8, 4) is 0 Å². The zero-order valence-corrected chi connectivity index (χ0v) is 18.2. The molecule has 158 valence electrons. The summed E-state index contributed by atoms with van der Waals surface area (Å²) in [6.45, 7) is 1.96. The third-order valence-electron chi connectivity index (χ3n) is 5.23. The van der Waals surface area contributed by atoms with Crippen LogP contribution in [0, 0.1) is 5.92 Å². The summed E-state index contributed by atoms with van der Waals surface area (Å²) in [5, 5.41) is 13.5. The summed E-state index contributed by atoms with van der Waals surface area (Å²) < 4.78 is 28.7. The smallest absolute Gasteiger partial charge is 0.277 e. The summed E-state index contributed by atoms with van der Waals surface area (Å²) in [6, 6.07) is 14.0. The zero-order valence-electron chi connectivity index (χ0n) is 16.6. The van der Waals surface area contributed by atoms with E-state index in [-0.39, 0.29) is 35.1 Å². The Morgan fingerprint density at radius 3 is 2.83 bits per heavy atom. The second kappa shape index (κ2) is 8.77. The number of nitrogens with one attached hydrogen (secondary N) is 1. The van der Waals surface area contributed by atoms with Gasteiger partial charge in [0, 0.05) is 6.42 Å². The molecule has 1 saturated heterocycles. The molecule has 0 aliphatic carbocycles. The van der Waals surface area contributed by atoms with Crippen molar-refractivity contribution >= 4 is 38.3 Å². The molecule has 3 aromatic rings. The first kappa shape index (κ1) is 20.9. The molecule has 1 aromatic heterocycles. The van der Waals surface area contributed by atoms with Gasteiger partial charge in [-0.3, -0.25) is 4.79 Å². The van der Waals surface area contributed by atoms with Crippen molar-refractivity contribution in [2.24, 2.45) is 5.92 Å². The van der Waals surface area contributed by atoms with Crippen LogP contribution < -0.4 is 5.32 Å². The van der Waals surface area contributed by atoms with Gasteiger partial charge in [-0.05, 0) is 35.6 Å². The molecule has 1 fully saturated rings. The molecule has 7 nitrogen and oxygen atoms in total. The van der Waals surface area contributed by atoms with E-state index in [4.69, 9.17) is 4.42 Å². The minimum absolute atomic E-state index is 0.0261. The van der Waals surface area contributed by atoms with Crippen molar-refractivity contribution in [1.29, 1.82) is 0 Å². The monoisotopic (exact) mass is 445 g/mol. The highest BCUT2D eigenvalue weighted by Crippen LogP contribution is 2.25. The first-order valence-electron chi connectivity index (χ1n) is 9.82. The van der Waals surface area contributed by atoms with Crippen molar-refractivity contribution in [3.63, 3.8) is 0 Å². The van der Waals surface area contributed by atoms with Crippen LogP contribution in [0.2, 0.25) is 0 Å². The number of benzene rings is 2. The lowest BCUT2D eigenvalue weighted by atomic mass is 10.00. The van der Waals surface area contributed by atoms with Gasteiger partial charge >= 0.3 is 0 Å². The Morgan fingerprint density at radius 1 is 1.23 bits per heavy atom. The third kappa shape index (κ3) is 5.02. The second-order valence-electron chi connectivity index (χ2n) is 7.58. The third-order valence-corrected chi connectivity index (χ3v) is 7.89. The van der Waals surface area contributed by atoms with E-state index in [1.807, 2.05) is 31.2 Å². The van der Waals surface area contributed by atoms with E-state index in [0.29, 0.717) is 24.0 Å². The van der Waals surface area contributed by atoms with Crippen LogP contribution in [0.4, 0.5) is 0 Å². The maximum atomic E-state index is 12.4. The van der Waals surface area contributed by atoms with Crippen molar-refractivity contribution in [2.45, 2.75) is 31.0 Å². The van der Waals surface area contributed by atoms with Gasteiger partial charge in [-0.25, -0.2) is 8.42 Å². The molecule has 9 heteroatoms. The molecule has 1 aliphatic heterocycles. The lowest BCUT2D eigenvalue weighted by molar-refractivity contribution is -0.119. The summed E-state index contributed by atoms with van der Waals surface area (Å²) >= 11 is 1.18. The molecule has 0 saturated carbocycles. The summed E-state index contributed by atoms with van der Waals surface area (Å²) in [5.74, 6) is 0.882. The van der Waals surface area contributed by atoms with Crippen LogP contribution in [0.1, 0.15) is 30.8 Å². The number of fused-ring (bicyclic) bond motifs is 1. The molecule has 1 aliphatic rings. The predicted octanol–water partition coefficient (Wildman–Crippen LogP) is 3.17. The van der Waals surface area contributed by atoms with E-state index in [1.165, 1.54) is 11.8 Å². The number of carbonyl (C=O) groups excluding carboxylic acids is 1. The van der Waals surface area contributed by atoms with E-state index in [9.17, 15) is 13.2 Å². The molecule has 4 rings (SSSR count). The van der Waals surface area contributed by atoms with Gasteiger partial charge in [-0.2, -0.15) is 0 Å². The average molecular weight is 446 g/mol. The fourth-order valence-electron chi connectivity index (χ4n) is 3.78. The van der Waals surface area contributed by atoms with Gasteiger partial charge in [0.2, 0.25) is 11.8 Å². The van der Waals surface area contributed by atoms with Crippen molar-refractivity contribution in [3.05, 3.63) is 53.9 Å². The minimum atomic E-state index is -2.93. The molecule has 0 radical (unpaired) electrons. The minimum Gasteiger partial charge on any atom is -0.416 e. The zero-order chi connectivity index (χ0) is 21.1. The standard InChI is InChI=1S/C21H23N3O4S2/c1-14(17-8-4-6-16-5-2-3-7-18(16)17)22-19(25)12-29-21-24-23-20(28-21)11-15-9-10-30(26,27)13-15/h2-8,14-15H,9-13H2,1H3,(H,22,25)/t14-,15+/m0/s1. The fraction of sp³-hybridized carbons (Fsp3) is 0.381. The molecule has 30 heavy (non-hydrogen) atoms. The SMILES string of the molecule is C[C@H](NC(=O)CSc1nnc(C[C@H]2CCS(=O)(=O)C2)o1)c1cccc2ccccc12. The number of hydrogen-bond acceptors (Lipinski definition) is 7. The Morgan fingerprint density at radius 2 is 2.03 bits per heavy atom. The predicted molar refractivity (Wildman–Crippen MR) is 116 cm³/mol. The number of amides is 1. The van der Waals surface area contributed by atoms with E-state index < -0.39 is 9.84 Å². The number of rotatable bonds is 7. The summed E-state index contributed by atoms with van der Waals surface area (Å²) in [5.41, 5.74) is 1.07. The van der Waals surface area contributed by atoms with Gasteiger partial charge in [0.05, 0.1) is 23.3 Å². The Kier molecular flexibility index (Phi) is 6.10. The largest absolute Gasteiger partial charge is 0.416 e.